The van der Waals surface area contributed by atoms with E-state index in [1.165, 1.54) is 4.31 Å². The highest BCUT2D eigenvalue weighted by Crippen LogP contribution is 2.18. The molecule has 1 unspecified atom stereocenters. The van der Waals surface area contributed by atoms with E-state index in [2.05, 4.69) is 12.2 Å². The number of hydrogen-bond donors (Lipinski definition) is 1. The molecule has 0 bridgehead atoms. The Hall–Kier alpha value is -2.87. The molecule has 7 nitrogen and oxygen atoms in total. The maximum atomic E-state index is 13.2. The molecule has 0 saturated heterocycles. The minimum absolute atomic E-state index is 0.137. The summed E-state index contributed by atoms with van der Waals surface area (Å²) in [6.07, 6.45) is 3.49. The number of sulfonamides is 1. The van der Waals surface area contributed by atoms with Crippen LogP contribution in [0.5, 0.6) is 0 Å². The highest BCUT2D eigenvalue weighted by Gasteiger charge is 2.26. The Labute approximate surface area is 197 Å². The van der Waals surface area contributed by atoms with Gasteiger partial charge in [0.2, 0.25) is 21.8 Å². The largest absolute Gasteiger partial charge is 0.354 e. The van der Waals surface area contributed by atoms with Crippen molar-refractivity contribution in [2.45, 2.75) is 52.1 Å². The number of benzene rings is 2. The van der Waals surface area contributed by atoms with Crippen molar-refractivity contribution in [2.24, 2.45) is 0 Å². The zero-order chi connectivity index (χ0) is 24.3. The first kappa shape index (κ1) is 26.4. The lowest BCUT2D eigenvalue weighted by Gasteiger charge is -2.29. The van der Waals surface area contributed by atoms with Gasteiger partial charge in [0.05, 0.1) is 11.9 Å². The Bertz CT molecular complexity index is 981. The first-order valence-electron chi connectivity index (χ1n) is 11.4. The average molecular weight is 474 g/mol. The van der Waals surface area contributed by atoms with Crippen molar-refractivity contribution in [1.82, 2.24) is 10.2 Å². The zero-order valence-electron chi connectivity index (χ0n) is 19.7. The Morgan fingerprint density at radius 2 is 1.58 bits per heavy atom. The molecule has 0 saturated carbocycles. The third-order valence-electron chi connectivity index (χ3n) is 5.39. The topological polar surface area (TPSA) is 86.8 Å². The third-order valence-corrected chi connectivity index (χ3v) is 6.58. The molecule has 1 atom stereocenters. The number of nitrogens with one attached hydrogen (secondary N) is 1. The van der Waals surface area contributed by atoms with Gasteiger partial charge in [-0.05, 0) is 37.5 Å². The van der Waals surface area contributed by atoms with E-state index in [4.69, 9.17) is 0 Å². The summed E-state index contributed by atoms with van der Waals surface area (Å²) in [7, 11) is -3.48. The maximum Gasteiger partial charge on any atom is 0.242 e. The number of anilines is 1. The van der Waals surface area contributed by atoms with Crippen LogP contribution in [0.4, 0.5) is 5.69 Å². The van der Waals surface area contributed by atoms with Crippen LogP contribution in [0.15, 0.2) is 60.7 Å². The zero-order valence-corrected chi connectivity index (χ0v) is 20.6. The highest BCUT2D eigenvalue weighted by molar-refractivity contribution is 7.92. The molecule has 0 aliphatic rings. The monoisotopic (exact) mass is 473 g/mol. The molecule has 0 aliphatic heterocycles. The molecule has 0 radical (unpaired) electrons. The van der Waals surface area contributed by atoms with Gasteiger partial charge in [-0.1, -0.05) is 61.9 Å². The number of nitrogens with zero attached hydrogens (tertiary/aromatic N) is 2. The minimum atomic E-state index is -3.48. The maximum absolute atomic E-state index is 13.2. The molecule has 8 heteroatoms. The summed E-state index contributed by atoms with van der Waals surface area (Å²) in [6.45, 7) is 4.86. The Kier molecular flexibility index (Phi) is 10.4. The van der Waals surface area contributed by atoms with Gasteiger partial charge < -0.3 is 10.2 Å². The van der Waals surface area contributed by atoms with Gasteiger partial charge in [0, 0.05) is 26.1 Å². The van der Waals surface area contributed by atoms with Crippen LogP contribution in [0.25, 0.3) is 0 Å². The van der Waals surface area contributed by atoms with Crippen molar-refractivity contribution in [1.29, 1.82) is 0 Å². The van der Waals surface area contributed by atoms with Crippen LogP contribution >= 0.6 is 0 Å². The molecule has 2 aromatic carbocycles. The van der Waals surface area contributed by atoms with E-state index in [1.807, 2.05) is 36.4 Å². The summed E-state index contributed by atoms with van der Waals surface area (Å²) in [5.74, 6) is -0.367. The van der Waals surface area contributed by atoms with Crippen molar-refractivity contribution in [3.05, 3.63) is 66.2 Å². The molecule has 2 amide bonds. The summed E-state index contributed by atoms with van der Waals surface area (Å²) >= 11 is 0. The minimum Gasteiger partial charge on any atom is -0.354 e. The fourth-order valence-corrected chi connectivity index (χ4v) is 4.46. The smallest absolute Gasteiger partial charge is 0.242 e. The molecule has 2 aromatic rings. The van der Waals surface area contributed by atoms with Gasteiger partial charge in [-0.2, -0.15) is 0 Å². The van der Waals surface area contributed by atoms with Gasteiger partial charge in [0.15, 0.2) is 0 Å². The van der Waals surface area contributed by atoms with Crippen molar-refractivity contribution < 1.29 is 18.0 Å². The molecule has 0 aliphatic carbocycles. The van der Waals surface area contributed by atoms with Gasteiger partial charge in [0.25, 0.3) is 0 Å². The van der Waals surface area contributed by atoms with Gasteiger partial charge in [-0.25, -0.2) is 8.42 Å². The number of amides is 2. The van der Waals surface area contributed by atoms with E-state index >= 15 is 0 Å². The van der Waals surface area contributed by atoms with Crippen molar-refractivity contribution in [3.63, 3.8) is 0 Å². The molecular formula is C25H35N3O4S. The fraction of sp³-hybridized carbons (Fsp3) is 0.440. The van der Waals surface area contributed by atoms with E-state index in [9.17, 15) is 18.0 Å². The number of para-hydroxylation sites is 1. The molecule has 1 N–H and O–H groups in total. The van der Waals surface area contributed by atoms with E-state index in [0.29, 0.717) is 25.2 Å². The van der Waals surface area contributed by atoms with Crippen LogP contribution in [0.2, 0.25) is 0 Å². The summed E-state index contributed by atoms with van der Waals surface area (Å²) in [4.78, 5) is 27.4. The summed E-state index contributed by atoms with van der Waals surface area (Å²) in [5, 5.41) is 2.90. The second-order valence-corrected chi connectivity index (χ2v) is 10.0. The first-order valence-corrected chi connectivity index (χ1v) is 13.2. The van der Waals surface area contributed by atoms with E-state index in [0.717, 1.165) is 24.7 Å². The Morgan fingerprint density at radius 1 is 0.970 bits per heavy atom. The summed E-state index contributed by atoms with van der Waals surface area (Å²) < 4.78 is 25.9. The van der Waals surface area contributed by atoms with Crippen LogP contribution in [0.3, 0.4) is 0 Å². The van der Waals surface area contributed by atoms with E-state index < -0.39 is 16.1 Å². The number of hydrogen-bond acceptors (Lipinski definition) is 4. The molecule has 33 heavy (non-hydrogen) atoms. The van der Waals surface area contributed by atoms with Crippen molar-refractivity contribution in [2.75, 3.05) is 23.7 Å². The number of rotatable bonds is 13. The molecule has 0 fully saturated rings. The second-order valence-electron chi connectivity index (χ2n) is 8.10. The predicted octanol–water partition coefficient (Wildman–Crippen LogP) is 3.57. The molecule has 180 valence electrons. The first-order chi connectivity index (χ1) is 15.7. The molecular weight excluding hydrogens is 438 g/mol. The van der Waals surface area contributed by atoms with Crippen LogP contribution in [-0.2, 0) is 26.2 Å². The second kappa shape index (κ2) is 13.0. The van der Waals surface area contributed by atoms with Gasteiger partial charge in [-0.3, -0.25) is 13.9 Å². The highest BCUT2D eigenvalue weighted by atomic mass is 32.2. The lowest BCUT2D eigenvalue weighted by Crippen LogP contribution is -2.47. The normalized spacial score (nSPS) is 12.1. The fourth-order valence-electron chi connectivity index (χ4n) is 3.50. The molecule has 0 aromatic heterocycles. The number of unbranched alkanes of at least 4 members (excludes halogenated alkanes) is 1. The molecule has 0 heterocycles. The lowest BCUT2D eigenvalue weighted by atomic mass is 10.1. The predicted molar refractivity (Wildman–Crippen MR) is 132 cm³/mol. The molecule has 0 spiro atoms. The standard InChI is InChI=1S/C25H35N3O4S/c1-4-5-18-26-25(30)21(2)27(20-22-13-8-6-9-14-22)24(29)17-12-19-28(33(3,31)32)23-15-10-7-11-16-23/h6-11,13-16,21H,4-5,12,17-20H2,1-3H3,(H,26,30). The van der Waals surface area contributed by atoms with Gasteiger partial charge in [0.1, 0.15) is 6.04 Å². The van der Waals surface area contributed by atoms with Crippen LogP contribution in [0, 0.1) is 0 Å². The van der Waals surface area contributed by atoms with Crippen LogP contribution in [-0.4, -0.2) is 50.5 Å². The summed E-state index contributed by atoms with van der Waals surface area (Å²) in [5.41, 5.74) is 1.50. The van der Waals surface area contributed by atoms with Gasteiger partial charge >= 0.3 is 0 Å². The van der Waals surface area contributed by atoms with Crippen LogP contribution in [0.1, 0.15) is 45.1 Å². The van der Waals surface area contributed by atoms with E-state index in [-0.39, 0.29) is 24.8 Å². The van der Waals surface area contributed by atoms with Crippen LogP contribution < -0.4 is 9.62 Å². The quantitative estimate of drug-likeness (QED) is 0.451. The number of carbonyl (C=O) groups is 2. The van der Waals surface area contributed by atoms with Crippen molar-refractivity contribution >= 4 is 27.5 Å². The number of carbonyl (C=O) groups excluding carboxylic acids is 2. The third kappa shape index (κ3) is 8.53. The lowest BCUT2D eigenvalue weighted by molar-refractivity contribution is -0.140. The van der Waals surface area contributed by atoms with Gasteiger partial charge in [-0.15, -0.1) is 0 Å². The SMILES string of the molecule is CCCCNC(=O)C(C)N(Cc1ccccc1)C(=O)CCCN(c1ccccc1)S(C)(=O)=O. The average Bonchev–Trinajstić information content (AvgIpc) is 2.80. The Balaban J connectivity index is 2.09. The van der Waals surface area contributed by atoms with Crippen molar-refractivity contribution in [3.8, 4) is 0 Å². The molecule has 2 rings (SSSR count). The summed E-state index contributed by atoms with van der Waals surface area (Å²) in [6, 6.07) is 17.7. The Morgan fingerprint density at radius 3 is 2.15 bits per heavy atom. The van der Waals surface area contributed by atoms with E-state index in [1.54, 1.807) is 36.1 Å².